The Kier molecular flexibility index (Phi) is 3.89. The number of pyridine rings is 1. The minimum Gasteiger partial charge on any atom is -0.300 e. The Balaban J connectivity index is 1.56. The molecule has 5 heterocycles. The van der Waals surface area contributed by atoms with Gasteiger partial charge < -0.3 is 0 Å². The minimum absolute atomic E-state index is 0.0477. The molecule has 0 unspecified atom stereocenters. The van der Waals surface area contributed by atoms with E-state index in [0.717, 1.165) is 54.9 Å². The topological polar surface area (TPSA) is 65.3 Å². The van der Waals surface area contributed by atoms with E-state index in [-0.39, 0.29) is 5.41 Å². The van der Waals surface area contributed by atoms with Crippen LogP contribution < -0.4 is 0 Å². The third kappa shape index (κ3) is 2.65. The second kappa shape index (κ2) is 6.49. The van der Waals surface area contributed by atoms with Crippen LogP contribution in [0.25, 0.3) is 38.0 Å². The molecule has 1 aromatic carbocycles. The van der Waals surface area contributed by atoms with Gasteiger partial charge in [0, 0.05) is 29.6 Å². The van der Waals surface area contributed by atoms with Crippen LogP contribution in [0.5, 0.6) is 0 Å². The predicted molar refractivity (Wildman–Crippen MR) is 128 cm³/mol. The van der Waals surface area contributed by atoms with Gasteiger partial charge in [0.25, 0.3) is 0 Å². The Morgan fingerprint density at radius 3 is 2.62 bits per heavy atom. The first kappa shape index (κ1) is 19.2. The molecule has 32 heavy (non-hydrogen) atoms. The highest BCUT2D eigenvalue weighted by Crippen LogP contribution is 2.34. The highest BCUT2D eigenvalue weighted by Gasteiger charge is 2.24. The molecule has 6 aromatic rings. The van der Waals surface area contributed by atoms with E-state index in [1.165, 1.54) is 0 Å². The van der Waals surface area contributed by atoms with Crippen molar-refractivity contribution in [2.75, 3.05) is 0 Å². The van der Waals surface area contributed by atoms with Crippen molar-refractivity contribution in [3.8, 4) is 17.1 Å². The molecule has 0 atom stereocenters. The molecule has 160 valence electrons. The lowest BCUT2D eigenvalue weighted by molar-refractivity contribution is 0.575. The number of benzene rings is 1. The van der Waals surface area contributed by atoms with E-state index < -0.39 is 0 Å². The zero-order valence-corrected chi connectivity index (χ0v) is 19.5. The number of aromatic nitrogens is 7. The largest absolute Gasteiger partial charge is 0.300 e. The molecule has 0 spiro atoms. The quantitative estimate of drug-likeness (QED) is 0.363. The number of hydrogen-bond acceptors (Lipinski definition) is 5. The van der Waals surface area contributed by atoms with Crippen LogP contribution in [0.1, 0.15) is 37.6 Å². The molecule has 7 nitrogen and oxygen atoms in total. The Morgan fingerprint density at radius 1 is 0.969 bits per heavy atom. The van der Waals surface area contributed by atoms with E-state index in [1.807, 2.05) is 18.6 Å². The maximum atomic E-state index is 4.69. The summed E-state index contributed by atoms with van der Waals surface area (Å²) in [5.74, 6) is 0.828. The van der Waals surface area contributed by atoms with Gasteiger partial charge in [-0.3, -0.25) is 8.97 Å². The summed E-state index contributed by atoms with van der Waals surface area (Å²) in [6, 6.07) is 8.46. The summed E-state index contributed by atoms with van der Waals surface area (Å²) in [6.45, 7) is 10.9. The second-order valence-electron chi connectivity index (χ2n) is 9.26. The number of thiazole rings is 1. The maximum absolute atomic E-state index is 4.69. The molecule has 6 rings (SSSR count). The minimum atomic E-state index is -0.0477. The number of nitrogens with zero attached hydrogens (tertiary/aromatic N) is 7. The molecule has 0 saturated carbocycles. The van der Waals surface area contributed by atoms with E-state index in [4.69, 9.17) is 4.98 Å². The number of rotatable bonds is 2. The highest BCUT2D eigenvalue weighted by molar-refractivity contribution is 7.23. The molecule has 0 aliphatic rings. The average Bonchev–Trinajstić information content (AvgIpc) is 3.48. The average molecular weight is 442 g/mol. The lowest BCUT2D eigenvalue weighted by Gasteiger charge is -2.18. The first-order valence-electron chi connectivity index (χ1n) is 10.6. The van der Waals surface area contributed by atoms with Gasteiger partial charge in [-0.15, -0.1) is 10.2 Å². The van der Waals surface area contributed by atoms with Crippen LogP contribution in [0, 0.1) is 13.8 Å². The van der Waals surface area contributed by atoms with Crippen molar-refractivity contribution in [1.29, 1.82) is 0 Å². The lowest BCUT2D eigenvalue weighted by atomic mass is 9.92. The van der Waals surface area contributed by atoms with Gasteiger partial charge in [0.2, 0.25) is 4.96 Å². The van der Waals surface area contributed by atoms with Crippen LogP contribution in [-0.2, 0) is 5.41 Å². The smallest absolute Gasteiger partial charge is 0.218 e. The molecule has 0 bridgehead atoms. The van der Waals surface area contributed by atoms with Crippen LogP contribution in [0.2, 0.25) is 0 Å². The van der Waals surface area contributed by atoms with Crippen molar-refractivity contribution in [2.24, 2.45) is 0 Å². The number of fused-ring (bicyclic) bond motifs is 4. The van der Waals surface area contributed by atoms with Crippen molar-refractivity contribution in [2.45, 2.75) is 40.0 Å². The van der Waals surface area contributed by atoms with Crippen molar-refractivity contribution >= 4 is 32.3 Å². The molecule has 0 N–H and O–H groups in total. The fourth-order valence-corrected chi connectivity index (χ4v) is 5.29. The van der Waals surface area contributed by atoms with Gasteiger partial charge in [0.15, 0.2) is 11.5 Å². The molecule has 8 heteroatoms. The molecular formula is C24H23N7S. The van der Waals surface area contributed by atoms with Crippen LogP contribution in [-0.4, -0.2) is 33.5 Å². The molecule has 0 amide bonds. The summed E-state index contributed by atoms with van der Waals surface area (Å²) < 4.78 is 7.49. The Morgan fingerprint density at radius 2 is 1.81 bits per heavy atom. The molecular weight excluding hydrogens is 418 g/mol. The van der Waals surface area contributed by atoms with Gasteiger partial charge in [0.05, 0.1) is 16.1 Å². The summed E-state index contributed by atoms with van der Waals surface area (Å²) in [5.41, 5.74) is 7.54. The van der Waals surface area contributed by atoms with E-state index in [0.29, 0.717) is 0 Å². The zero-order chi connectivity index (χ0) is 22.2. The summed E-state index contributed by atoms with van der Waals surface area (Å²) in [4.78, 5) is 10.1. The molecule has 0 saturated heterocycles. The molecule has 0 aliphatic carbocycles. The van der Waals surface area contributed by atoms with Gasteiger partial charge in [-0.25, -0.2) is 14.4 Å². The van der Waals surface area contributed by atoms with Crippen LogP contribution >= 0.6 is 11.3 Å². The third-order valence-corrected chi connectivity index (χ3v) is 6.91. The number of aryl methyl sites for hydroxylation is 2. The monoisotopic (exact) mass is 441 g/mol. The normalized spacial score (nSPS) is 12.5. The van der Waals surface area contributed by atoms with Gasteiger partial charge in [-0.2, -0.15) is 0 Å². The Labute approximate surface area is 189 Å². The van der Waals surface area contributed by atoms with Gasteiger partial charge in [0.1, 0.15) is 12.0 Å². The number of imidazole rings is 2. The molecule has 0 fully saturated rings. The fourth-order valence-electron chi connectivity index (χ4n) is 4.37. The standard InChI is InChI=1S/C24H23N7S/c1-14-12-17(30-10-9-29-13-26-19(22(29)30)24(3,4)5)15(2)11-16(14)20-27-28-23-31(20)21-18(32-23)7-6-8-25-21/h6-13H,1-5H3. The first-order valence-corrected chi connectivity index (χ1v) is 11.4. The van der Waals surface area contributed by atoms with Crippen LogP contribution in [0.4, 0.5) is 0 Å². The Bertz CT molecular complexity index is 1640. The molecule has 0 aliphatic heterocycles. The van der Waals surface area contributed by atoms with Crippen molar-refractivity contribution < 1.29 is 0 Å². The third-order valence-electron chi connectivity index (χ3n) is 5.92. The summed E-state index contributed by atoms with van der Waals surface area (Å²) >= 11 is 1.61. The van der Waals surface area contributed by atoms with Crippen molar-refractivity contribution in [1.82, 2.24) is 33.5 Å². The highest BCUT2D eigenvalue weighted by atomic mass is 32.1. The van der Waals surface area contributed by atoms with Gasteiger partial charge in [-0.1, -0.05) is 32.1 Å². The zero-order valence-electron chi connectivity index (χ0n) is 18.7. The SMILES string of the molecule is Cc1cc(-n2ccn3cnc(C(C)(C)C)c23)c(C)cc1-c1nnc2sc3cccnc3n12. The predicted octanol–water partition coefficient (Wildman–Crippen LogP) is 5.36. The van der Waals surface area contributed by atoms with Crippen LogP contribution in [0.15, 0.2) is 49.2 Å². The van der Waals surface area contributed by atoms with Crippen LogP contribution in [0.3, 0.4) is 0 Å². The molecule has 0 radical (unpaired) electrons. The fraction of sp³-hybridized carbons (Fsp3) is 0.250. The van der Waals surface area contributed by atoms with Crippen molar-refractivity contribution in [3.63, 3.8) is 0 Å². The first-order chi connectivity index (χ1) is 15.3. The van der Waals surface area contributed by atoms with E-state index in [2.05, 4.69) is 93.8 Å². The van der Waals surface area contributed by atoms with Crippen molar-refractivity contribution in [3.05, 3.63) is 66.0 Å². The van der Waals surface area contributed by atoms with E-state index in [9.17, 15) is 0 Å². The maximum Gasteiger partial charge on any atom is 0.218 e. The van der Waals surface area contributed by atoms with E-state index >= 15 is 0 Å². The summed E-state index contributed by atoms with van der Waals surface area (Å²) in [6.07, 6.45) is 7.88. The summed E-state index contributed by atoms with van der Waals surface area (Å²) in [5, 5.41) is 8.94. The Hall–Kier alpha value is -3.52. The number of hydrogen-bond donors (Lipinski definition) is 0. The second-order valence-corrected chi connectivity index (χ2v) is 10.3. The lowest BCUT2D eigenvalue weighted by Crippen LogP contribution is -2.14. The summed E-state index contributed by atoms with van der Waals surface area (Å²) in [7, 11) is 0. The van der Waals surface area contributed by atoms with Gasteiger partial charge >= 0.3 is 0 Å². The van der Waals surface area contributed by atoms with E-state index in [1.54, 1.807) is 11.3 Å². The molecule has 5 aromatic heterocycles. The van der Waals surface area contributed by atoms with Gasteiger partial charge in [-0.05, 0) is 49.2 Å².